The van der Waals surface area contributed by atoms with Crippen LogP contribution in [0.25, 0.3) is 5.69 Å². The van der Waals surface area contributed by atoms with E-state index in [1.165, 1.54) is 11.1 Å². The Morgan fingerprint density at radius 3 is 2.57 bits per heavy atom. The van der Waals surface area contributed by atoms with Crippen LogP contribution in [0.15, 0.2) is 72.1 Å². The van der Waals surface area contributed by atoms with Crippen LogP contribution in [-0.2, 0) is 12.8 Å². The van der Waals surface area contributed by atoms with Crippen molar-refractivity contribution >= 4 is 11.8 Å². The van der Waals surface area contributed by atoms with Crippen LogP contribution in [0.5, 0.6) is 5.75 Å². The molecule has 0 bridgehead atoms. The fraction of sp³-hybridized carbons (Fsp3) is 0.261. The van der Waals surface area contributed by atoms with Crippen LogP contribution in [0.4, 0.5) is 0 Å². The molecule has 7 heteroatoms. The van der Waals surface area contributed by atoms with Gasteiger partial charge in [0.1, 0.15) is 11.6 Å². The van der Waals surface area contributed by atoms with E-state index in [0.29, 0.717) is 6.61 Å². The van der Waals surface area contributed by atoms with Crippen molar-refractivity contribution in [3.63, 3.8) is 0 Å². The Labute approximate surface area is 180 Å². The zero-order chi connectivity index (χ0) is 20.6. The second-order valence-corrected chi connectivity index (χ2v) is 7.94. The second-order valence-electron chi connectivity index (χ2n) is 6.88. The summed E-state index contributed by atoms with van der Waals surface area (Å²) in [5, 5.41) is 16.8. The highest BCUT2D eigenvalue weighted by Gasteiger charge is 2.15. The Kier molecular flexibility index (Phi) is 6.82. The highest BCUT2D eigenvalue weighted by atomic mass is 32.2. The molecule has 0 aliphatic carbocycles. The fourth-order valence-electron chi connectivity index (χ4n) is 3.26. The van der Waals surface area contributed by atoms with Gasteiger partial charge < -0.3 is 4.74 Å². The molecule has 0 atom stereocenters. The van der Waals surface area contributed by atoms with Crippen LogP contribution in [0.2, 0.25) is 0 Å². The lowest BCUT2D eigenvalue weighted by Crippen LogP contribution is -2.04. The first-order valence-electron chi connectivity index (χ1n) is 10.2. The van der Waals surface area contributed by atoms with Crippen molar-refractivity contribution in [2.24, 2.45) is 0 Å². The monoisotopic (exact) mass is 419 g/mol. The van der Waals surface area contributed by atoms with Gasteiger partial charge in [0, 0.05) is 24.1 Å². The molecule has 0 saturated heterocycles. The summed E-state index contributed by atoms with van der Waals surface area (Å²) >= 11 is 1.74. The molecule has 0 radical (unpaired) electrons. The number of hydrogen-bond donors (Lipinski definition) is 1. The van der Waals surface area contributed by atoms with Crippen LogP contribution < -0.4 is 4.74 Å². The van der Waals surface area contributed by atoms with Crippen molar-refractivity contribution in [2.75, 3.05) is 12.4 Å². The fourth-order valence-corrected chi connectivity index (χ4v) is 4.17. The first kappa shape index (κ1) is 20.2. The van der Waals surface area contributed by atoms with Crippen LogP contribution in [0.3, 0.4) is 0 Å². The molecule has 0 aliphatic heterocycles. The van der Waals surface area contributed by atoms with Crippen molar-refractivity contribution in [3.05, 3.63) is 83.9 Å². The number of H-pyrrole nitrogens is 1. The number of rotatable bonds is 10. The van der Waals surface area contributed by atoms with Crippen LogP contribution in [0, 0.1) is 0 Å². The Morgan fingerprint density at radius 2 is 1.83 bits per heavy atom. The molecule has 0 fully saturated rings. The summed E-state index contributed by atoms with van der Waals surface area (Å²) in [6.07, 6.45) is 6.61. The van der Waals surface area contributed by atoms with Gasteiger partial charge in [0.05, 0.1) is 12.8 Å². The van der Waals surface area contributed by atoms with E-state index in [1.807, 2.05) is 37.5 Å². The van der Waals surface area contributed by atoms with Crippen molar-refractivity contribution in [2.45, 2.75) is 31.3 Å². The summed E-state index contributed by atoms with van der Waals surface area (Å²) in [5.41, 5.74) is 3.49. The van der Waals surface area contributed by atoms with Crippen molar-refractivity contribution in [1.29, 1.82) is 0 Å². The van der Waals surface area contributed by atoms with Crippen LogP contribution in [0.1, 0.15) is 30.3 Å². The van der Waals surface area contributed by atoms with E-state index in [9.17, 15) is 0 Å². The minimum atomic E-state index is 0.656. The number of aromatic amines is 1. The van der Waals surface area contributed by atoms with Gasteiger partial charge in [-0.25, -0.2) is 0 Å². The third-order valence-electron chi connectivity index (χ3n) is 4.71. The second kappa shape index (κ2) is 10.1. The van der Waals surface area contributed by atoms with Gasteiger partial charge in [0.15, 0.2) is 5.16 Å². The maximum atomic E-state index is 5.60. The predicted octanol–water partition coefficient (Wildman–Crippen LogP) is 4.70. The van der Waals surface area contributed by atoms with E-state index in [2.05, 4.69) is 61.4 Å². The number of aryl methyl sites for hydroxylation is 1. The van der Waals surface area contributed by atoms with Gasteiger partial charge in [-0.2, -0.15) is 5.10 Å². The van der Waals surface area contributed by atoms with Crippen molar-refractivity contribution in [3.8, 4) is 11.4 Å². The molecular formula is C23H25N5OS. The van der Waals surface area contributed by atoms with Gasteiger partial charge in [0.25, 0.3) is 0 Å². The summed E-state index contributed by atoms with van der Waals surface area (Å²) in [6, 6.07) is 18.5. The van der Waals surface area contributed by atoms with E-state index >= 15 is 0 Å². The van der Waals surface area contributed by atoms with Gasteiger partial charge in [0.2, 0.25) is 0 Å². The molecule has 154 valence electrons. The predicted molar refractivity (Wildman–Crippen MR) is 119 cm³/mol. The number of aromatic nitrogens is 5. The molecule has 2 aromatic carbocycles. The number of thioether (sulfide) groups is 1. The molecule has 4 aromatic rings. The lowest BCUT2D eigenvalue weighted by atomic mass is 10.1. The maximum Gasteiger partial charge on any atom is 0.195 e. The molecule has 1 N–H and O–H groups in total. The molecule has 6 nitrogen and oxygen atoms in total. The minimum absolute atomic E-state index is 0.656. The lowest BCUT2D eigenvalue weighted by molar-refractivity contribution is 0.340. The Balaban J connectivity index is 1.54. The smallest absolute Gasteiger partial charge is 0.195 e. The largest absolute Gasteiger partial charge is 0.494 e. The van der Waals surface area contributed by atoms with Crippen LogP contribution >= 0.6 is 11.8 Å². The zero-order valence-corrected chi connectivity index (χ0v) is 17.8. The molecule has 30 heavy (non-hydrogen) atoms. The number of hydrogen-bond acceptors (Lipinski definition) is 5. The summed E-state index contributed by atoms with van der Waals surface area (Å²) in [7, 11) is 0. The van der Waals surface area contributed by atoms with Crippen molar-refractivity contribution < 1.29 is 4.74 Å². The summed E-state index contributed by atoms with van der Waals surface area (Å²) in [5.74, 6) is 2.77. The number of nitrogens with one attached hydrogen (secondary N) is 1. The normalized spacial score (nSPS) is 11.0. The van der Waals surface area contributed by atoms with E-state index in [1.54, 1.807) is 11.8 Å². The molecular weight excluding hydrogens is 394 g/mol. The highest BCUT2D eigenvalue weighted by Crippen LogP contribution is 2.26. The van der Waals surface area contributed by atoms with Gasteiger partial charge in [-0.3, -0.25) is 9.67 Å². The SMILES string of the molecule is CCOc1ccc(-n2c(Cc3ccccc3)nnc2SCCCc2cn[nH]c2)cc1. The van der Waals surface area contributed by atoms with Crippen molar-refractivity contribution in [1.82, 2.24) is 25.0 Å². The first-order valence-corrected chi connectivity index (χ1v) is 11.1. The highest BCUT2D eigenvalue weighted by molar-refractivity contribution is 7.99. The lowest BCUT2D eigenvalue weighted by Gasteiger charge is -2.11. The Bertz CT molecular complexity index is 1030. The molecule has 0 spiro atoms. The molecule has 2 heterocycles. The van der Waals surface area contributed by atoms with Gasteiger partial charge in [-0.05, 0) is 55.2 Å². The average Bonchev–Trinajstić information content (AvgIpc) is 3.43. The topological polar surface area (TPSA) is 68.6 Å². The first-order chi connectivity index (χ1) is 14.8. The quantitative estimate of drug-likeness (QED) is 0.298. The summed E-state index contributed by atoms with van der Waals surface area (Å²) in [4.78, 5) is 0. The number of benzene rings is 2. The van der Waals surface area contributed by atoms with E-state index in [-0.39, 0.29) is 0 Å². The maximum absolute atomic E-state index is 5.60. The molecule has 0 unspecified atom stereocenters. The molecule has 4 rings (SSSR count). The van der Waals surface area contributed by atoms with Gasteiger partial charge >= 0.3 is 0 Å². The third kappa shape index (κ3) is 5.10. The van der Waals surface area contributed by atoms with E-state index in [4.69, 9.17) is 4.74 Å². The molecule has 0 aliphatic rings. The molecule has 0 amide bonds. The summed E-state index contributed by atoms with van der Waals surface area (Å²) in [6.45, 7) is 2.65. The zero-order valence-electron chi connectivity index (χ0n) is 17.0. The standard InChI is InChI=1S/C23H25N5OS/c1-2-29-21-12-10-20(11-13-21)28-22(15-18-7-4-3-5-8-18)26-27-23(28)30-14-6-9-19-16-24-25-17-19/h3-5,7-8,10-13,16-17H,2,6,9,14-15H2,1H3,(H,24,25). The van der Waals surface area contributed by atoms with E-state index < -0.39 is 0 Å². The average molecular weight is 420 g/mol. The Hall–Kier alpha value is -3.06. The van der Waals surface area contributed by atoms with E-state index in [0.717, 1.165) is 47.4 Å². The Morgan fingerprint density at radius 1 is 1.00 bits per heavy atom. The van der Waals surface area contributed by atoms with Gasteiger partial charge in [-0.15, -0.1) is 10.2 Å². The molecule has 2 aromatic heterocycles. The number of ether oxygens (including phenoxy) is 1. The minimum Gasteiger partial charge on any atom is -0.494 e. The third-order valence-corrected chi connectivity index (χ3v) is 5.72. The number of nitrogens with zero attached hydrogens (tertiary/aromatic N) is 4. The summed E-state index contributed by atoms with van der Waals surface area (Å²) < 4.78 is 7.75. The van der Waals surface area contributed by atoms with Gasteiger partial charge in [-0.1, -0.05) is 42.1 Å². The molecule has 0 saturated carbocycles. The van der Waals surface area contributed by atoms with Crippen LogP contribution in [-0.4, -0.2) is 37.3 Å².